The van der Waals surface area contributed by atoms with E-state index in [9.17, 15) is 4.79 Å². The first-order valence-corrected chi connectivity index (χ1v) is 5.47. The van der Waals surface area contributed by atoms with Crippen LogP contribution >= 0.6 is 23.2 Å². The van der Waals surface area contributed by atoms with Gasteiger partial charge < -0.3 is 0 Å². The van der Waals surface area contributed by atoms with Crippen LogP contribution in [0.15, 0.2) is 42.5 Å². The highest BCUT2D eigenvalue weighted by atomic mass is 35.5. The molecule has 1 nitrogen and oxygen atoms in total. The predicted octanol–water partition coefficient (Wildman–Crippen LogP) is 4.47. The van der Waals surface area contributed by atoms with Gasteiger partial charge in [0.05, 0.1) is 0 Å². The average molecular weight is 251 g/mol. The van der Waals surface area contributed by atoms with Crippen molar-refractivity contribution in [2.45, 2.75) is 0 Å². The first kappa shape index (κ1) is 11.2. The van der Waals surface area contributed by atoms with Gasteiger partial charge in [-0.2, -0.15) is 0 Å². The molecule has 80 valence electrons. The Morgan fingerprint density at radius 1 is 0.938 bits per heavy atom. The largest absolute Gasteiger partial charge is 0.298 e. The summed E-state index contributed by atoms with van der Waals surface area (Å²) in [5.41, 5.74) is 2.29. The Balaban J connectivity index is 2.62. The van der Waals surface area contributed by atoms with E-state index in [2.05, 4.69) is 0 Å². The van der Waals surface area contributed by atoms with Crippen LogP contribution in [0.1, 0.15) is 10.4 Å². The van der Waals surface area contributed by atoms with Gasteiger partial charge in [-0.05, 0) is 41.5 Å². The molecular formula is C13H8Cl2O. The summed E-state index contributed by atoms with van der Waals surface area (Å²) < 4.78 is 0. The first-order chi connectivity index (χ1) is 7.70. The van der Waals surface area contributed by atoms with Gasteiger partial charge in [0.25, 0.3) is 0 Å². The van der Waals surface area contributed by atoms with Gasteiger partial charge in [-0.15, -0.1) is 0 Å². The van der Waals surface area contributed by atoms with Crippen LogP contribution in [0.5, 0.6) is 0 Å². The fourth-order valence-electron chi connectivity index (χ4n) is 1.54. The second-order valence-corrected chi connectivity index (χ2v) is 4.23. The molecule has 0 aliphatic rings. The van der Waals surface area contributed by atoms with Gasteiger partial charge in [0.2, 0.25) is 0 Å². The molecule has 0 unspecified atom stereocenters. The number of benzene rings is 2. The zero-order valence-corrected chi connectivity index (χ0v) is 9.79. The van der Waals surface area contributed by atoms with Crippen LogP contribution in [0.4, 0.5) is 0 Å². The highest BCUT2D eigenvalue weighted by molar-refractivity contribution is 6.31. The predicted molar refractivity (Wildman–Crippen MR) is 67.3 cm³/mol. The van der Waals surface area contributed by atoms with Gasteiger partial charge in [0.15, 0.2) is 6.29 Å². The Morgan fingerprint density at radius 3 is 2.38 bits per heavy atom. The maximum atomic E-state index is 10.9. The molecule has 0 saturated carbocycles. The van der Waals surface area contributed by atoms with Crippen molar-refractivity contribution in [1.29, 1.82) is 0 Å². The van der Waals surface area contributed by atoms with Gasteiger partial charge in [-0.1, -0.05) is 35.3 Å². The quantitative estimate of drug-likeness (QED) is 0.719. The fraction of sp³-hybridized carbons (Fsp3) is 0. The third kappa shape index (κ3) is 2.26. The molecule has 0 atom stereocenters. The molecule has 0 spiro atoms. The summed E-state index contributed by atoms with van der Waals surface area (Å²) >= 11 is 11.8. The van der Waals surface area contributed by atoms with E-state index < -0.39 is 0 Å². The molecule has 0 heterocycles. The number of rotatable bonds is 2. The lowest BCUT2D eigenvalue weighted by atomic mass is 10.0. The molecule has 0 bridgehead atoms. The molecule has 0 aromatic heterocycles. The van der Waals surface area contributed by atoms with Gasteiger partial charge in [0, 0.05) is 15.6 Å². The smallest absolute Gasteiger partial charge is 0.150 e. The van der Waals surface area contributed by atoms with Crippen molar-refractivity contribution in [3.05, 3.63) is 58.1 Å². The van der Waals surface area contributed by atoms with Crippen LogP contribution in [0.3, 0.4) is 0 Å². The Kier molecular flexibility index (Phi) is 3.28. The molecule has 2 aromatic rings. The lowest BCUT2D eigenvalue weighted by Crippen LogP contribution is -1.87. The van der Waals surface area contributed by atoms with Crippen molar-refractivity contribution < 1.29 is 4.79 Å². The van der Waals surface area contributed by atoms with Gasteiger partial charge in [0.1, 0.15) is 0 Å². The molecule has 3 heteroatoms. The second kappa shape index (κ2) is 4.69. The van der Waals surface area contributed by atoms with E-state index in [1.165, 1.54) is 0 Å². The Hall–Kier alpha value is -1.31. The number of carbonyl (C=O) groups excluding carboxylic acids is 1. The maximum absolute atomic E-state index is 10.9. The SMILES string of the molecule is O=Cc1ccc(Cl)cc1-c1cccc(Cl)c1. The summed E-state index contributed by atoms with van der Waals surface area (Å²) in [6.07, 6.45) is 0.812. The van der Waals surface area contributed by atoms with E-state index in [1.54, 1.807) is 30.3 Å². The molecular weight excluding hydrogens is 243 g/mol. The maximum Gasteiger partial charge on any atom is 0.150 e. The van der Waals surface area contributed by atoms with Gasteiger partial charge >= 0.3 is 0 Å². The van der Waals surface area contributed by atoms with Crippen molar-refractivity contribution in [3.8, 4) is 11.1 Å². The van der Waals surface area contributed by atoms with E-state index in [4.69, 9.17) is 23.2 Å². The molecule has 0 N–H and O–H groups in total. The fourth-order valence-corrected chi connectivity index (χ4v) is 1.90. The number of carbonyl (C=O) groups is 1. The van der Waals surface area contributed by atoms with Crippen molar-refractivity contribution in [1.82, 2.24) is 0 Å². The molecule has 0 amide bonds. The van der Waals surface area contributed by atoms with E-state index in [0.717, 1.165) is 17.4 Å². The average Bonchev–Trinajstić information content (AvgIpc) is 2.29. The Labute approximate surface area is 104 Å². The first-order valence-electron chi connectivity index (χ1n) is 4.71. The highest BCUT2D eigenvalue weighted by Crippen LogP contribution is 2.27. The van der Waals surface area contributed by atoms with E-state index in [1.807, 2.05) is 12.1 Å². The van der Waals surface area contributed by atoms with Crippen LogP contribution in [0, 0.1) is 0 Å². The lowest BCUT2D eigenvalue weighted by Gasteiger charge is -2.06. The third-order valence-corrected chi connectivity index (χ3v) is 2.75. The van der Waals surface area contributed by atoms with Crippen LogP contribution in [0.25, 0.3) is 11.1 Å². The summed E-state index contributed by atoms with van der Waals surface area (Å²) in [5.74, 6) is 0. The number of hydrogen-bond acceptors (Lipinski definition) is 1. The third-order valence-electron chi connectivity index (χ3n) is 2.28. The Bertz CT molecular complexity index is 535. The molecule has 0 fully saturated rings. The van der Waals surface area contributed by atoms with Crippen LogP contribution in [-0.2, 0) is 0 Å². The normalized spacial score (nSPS) is 10.1. The molecule has 2 rings (SSSR count). The zero-order chi connectivity index (χ0) is 11.5. The lowest BCUT2D eigenvalue weighted by molar-refractivity contribution is 0.112. The van der Waals surface area contributed by atoms with E-state index in [-0.39, 0.29) is 0 Å². The van der Waals surface area contributed by atoms with E-state index in [0.29, 0.717) is 15.6 Å². The van der Waals surface area contributed by atoms with Gasteiger partial charge in [-0.3, -0.25) is 4.79 Å². The minimum absolute atomic E-state index is 0.598. The van der Waals surface area contributed by atoms with Crippen LogP contribution in [0.2, 0.25) is 10.0 Å². The Morgan fingerprint density at radius 2 is 1.69 bits per heavy atom. The molecule has 2 aromatic carbocycles. The monoisotopic (exact) mass is 250 g/mol. The molecule has 0 aliphatic heterocycles. The zero-order valence-electron chi connectivity index (χ0n) is 8.28. The van der Waals surface area contributed by atoms with Crippen molar-refractivity contribution in [3.63, 3.8) is 0 Å². The molecule has 0 radical (unpaired) electrons. The van der Waals surface area contributed by atoms with Crippen molar-refractivity contribution >= 4 is 29.5 Å². The van der Waals surface area contributed by atoms with Gasteiger partial charge in [-0.25, -0.2) is 0 Å². The van der Waals surface area contributed by atoms with Crippen LogP contribution in [-0.4, -0.2) is 6.29 Å². The number of hydrogen-bond donors (Lipinski definition) is 0. The van der Waals surface area contributed by atoms with Crippen LogP contribution < -0.4 is 0 Å². The molecule has 0 aliphatic carbocycles. The summed E-state index contributed by atoms with van der Waals surface area (Å²) in [6, 6.07) is 12.5. The van der Waals surface area contributed by atoms with Crippen molar-refractivity contribution in [2.75, 3.05) is 0 Å². The summed E-state index contributed by atoms with van der Waals surface area (Å²) in [6.45, 7) is 0. The standard InChI is InChI=1S/C13H8Cl2O/c14-11-3-1-2-9(6-11)13-7-12(15)5-4-10(13)8-16/h1-8H. The minimum atomic E-state index is 0.598. The number of aldehydes is 1. The summed E-state index contributed by atoms with van der Waals surface area (Å²) in [4.78, 5) is 10.9. The molecule has 0 saturated heterocycles. The van der Waals surface area contributed by atoms with E-state index >= 15 is 0 Å². The van der Waals surface area contributed by atoms with Crippen molar-refractivity contribution in [2.24, 2.45) is 0 Å². The summed E-state index contributed by atoms with van der Waals surface area (Å²) in [7, 11) is 0. The topological polar surface area (TPSA) is 17.1 Å². The summed E-state index contributed by atoms with van der Waals surface area (Å²) in [5, 5.41) is 1.23. The molecule has 16 heavy (non-hydrogen) atoms. The minimum Gasteiger partial charge on any atom is -0.298 e. The second-order valence-electron chi connectivity index (χ2n) is 3.36. The number of halogens is 2. The highest BCUT2D eigenvalue weighted by Gasteiger charge is 2.05.